The first-order valence-corrected chi connectivity index (χ1v) is 8.80. The highest BCUT2D eigenvalue weighted by molar-refractivity contribution is 6.17. The SMILES string of the molecule is COc1ccc(C(OCCCl)(c2ccccc2)c2ccccc2)cc1. The quantitative estimate of drug-likeness (QED) is 0.427. The Bertz CT molecular complexity index is 731. The third-order valence-corrected chi connectivity index (χ3v) is 4.41. The predicted molar refractivity (Wildman–Crippen MR) is 102 cm³/mol. The van der Waals surface area contributed by atoms with E-state index >= 15 is 0 Å². The Labute approximate surface area is 154 Å². The number of hydrogen-bond acceptors (Lipinski definition) is 2. The molecule has 0 amide bonds. The zero-order valence-electron chi connectivity index (χ0n) is 14.2. The number of ether oxygens (including phenoxy) is 2. The van der Waals surface area contributed by atoms with E-state index in [1.165, 1.54) is 0 Å². The molecule has 0 spiro atoms. The van der Waals surface area contributed by atoms with Gasteiger partial charge in [-0.25, -0.2) is 0 Å². The Morgan fingerprint density at radius 1 is 0.720 bits per heavy atom. The highest BCUT2D eigenvalue weighted by atomic mass is 35.5. The lowest BCUT2D eigenvalue weighted by molar-refractivity contribution is 0.0228. The lowest BCUT2D eigenvalue weighted by Gasteiger charge is -2.35. The van der Waals surface area contributed by atoms with Gasteiger partial charge >= 0.3 is 0 Å². The van der Waals surface area contributed by atoms with Gasteiger partial charge in [-0.05, 0) is 28.8 Å². The van der Waals surface area contributed by atoms with Gasteiger partial charge in [0, 0.05) is 5.88 Å². The van der Waals surface area contributed by atoms with Crippen LogP contribution in [0.25, 0.3) is 0 Å². The molecule has 0 unspecified atom stereocenters. The predicted octanol–water partition coefficient (Wildman–Crippen LogP) is 5.24. The molecule has 25 heavy (non-hydrogen) atoms. The fourth-order valence-electron chi connectivity index (χ4n) is 3.11. The van der Waals surface area contributed by atoms with E-state index in [0.717, 1.165) is 22.4 Å². The van der Waals surface area contributed by atoms with Gasteiger partial charge in [-0.2, -0.15) is 0 Å². The lowest BCUT2D eigenvalue weighted by Crippen LogP contribution is -2.33. The fraction of sp³-hybridized carbons (Fsp3) is 0.182. The van der Waals surface area contributed by atoms with Crippen LogP contribution in [0.15, 0.2) is 84.9 Å². The summed E-state index contributed by atoms with van der Waals surface area (Å²) < 4.78 is 11.8. The molecule has 3 rings (SSSR count). The van der Waals surface area contributed by atoms with Crippen LogP contribution < -0.4 is 4.74 Å². The Morgan fingerprint density at radius 2 is 1.20 bits per heavy atom. The van der Waals surface area contributed by atoms with E-state index in [9.17, 15) is 0 Å². The molecule has 0 fully saturated rings. The molecule has 128 valence electrons. The number of hydrogen-bond donors (Lipinski definition) is 0. The van der Waals surface area contributed by atoms with Crippen molar-refractivity contribution in [2.24, 2.45) is 0 Å². The van der Waals surface area contributed by atoms with Crippen molar-refractivity contribution in [1.29, 1.82) is 0 Å². The molecule has 0 heterocycles. The van der Waals surface area contributed by atoms with Gasteiger partial charge in [-0.1, -0.05) is 72.8 Å². The van der Waals surface area contributed by atoms with Gasteiger partial charge in [0.1, 0.15) is 11.4 Å². The van der Waals surface area contributed by atoms with Gasteiger partial charge in [0.15, 0.2) is 0 Å². The van der Waals surface area contributed by atoms with Crippen LogP contribution in [0.5, 0.6) is 5.75 Å². The molecule has 0 saturated carbocycles. The van der Waals surface area contributed by atoms with Crippen molar-refractivity contribution in [3.63, 3.8) is 0 Å². The average molecular weight is 353 g/mol. The molecule has 0 bridgehead atoms. The van der Waals surface area contributed by atoms with Crippen molar-refractivity contribution in [1.82, 2.24) is 0 Å². The van der Waals surface area contributed by atoms with E-state index in [1.54, 1.807) is 7.11 Å². The molecule has 0 N–H and O–H groups in total. The smallest absolute Gasteiger partial charge is 0.143 e. The Balaban J connectivity index is 2.23. The number of benzene rings is 3. The fourth-order valence-corrected chi connectivity index (χ4v) is 3.19. The van der Waals surface area contributed by atoms with Gasteiger partial charge in [-0.3, -0.25) is 0 Å². The highest BCUT2D eigenvalue weighted by Gasteiger charge is 2.37. The zero-order chi connectivity index (χ0) is 17.5. The molecule has 3 aromatic rings. The van der Waals surface area contributed by atoms with Gasteiger partial charge in [-0.15, -0.1) is 11.6 Å². The molecule has 0 saturated heterocycles. The molecule has 0 aliphatic heterocycles. The molecule has 3 heteroatoms. The Morgan fingerprint density at radius 3 is 1.64 bits per heavy atom. The normalized spacial score (nSPS) is 11.3. The summed E-state index contributed by atoms with van der Waals surface area (Å²) >= 11 is 5.97. The topological polar surface area (TPSA) is 18.5 Å². The first-order chi connectivity index (χ1) is 12.3. The third-order valence-electron chi connectivity index (χ3n) is 4.25. The summed E-state index contributed by atoms with van der Waals surface area (Å²) in [6.07, 6.45) is 0. The summed E-state index contributed by atoms with van der Waals surface area (Å²) in [5.74, 6) is 1.24. The second kappa shape index (κ2) is 8.19. The molecular formula is C22H21ClO2. The number of halogens is 1. The first-order valence-electron chi connectivity index (χ1n) is 8.27. The Hall–Kier alpha value is -2.29. The van der Waals surface area contributed by atoms with E-state index in [-0.39, 0.29) is 0 Å². The summed E-state index contributed by atoms with van der Waals surface area (Å²) in [6, 6.07) is 28.5. The van der Waals surface area contributed by atoms with Crippen LogP contribution in [0.3, 0.4) is 0 Å². The standard InChI is InChI=1S/C22H21ClO2/c1-24-21-14-12-20(13-15-21)22(25-17-16-23,18-8-4-2-5-9-18)19-10-6-3-7-11-19/h2-15H,16-17H2,1H3. The molecular weight excluding hydrogens is 332 g/mol. The number of alkyl halides is 1. The van der Waals surface area contributed by atoms with E-state index in [0.29, 0.717) is 12.5 Å². The largest absolute Gasteiger partial charge is 0.497 e. The van der Waals surface area contributed by atoms with E-state index in [2.05, 4.69) is 24.3 Å². The summed E-state index contributed by atoms with van der Waals surface area (Å²) in [5, 5.41) is 0. The van der Waals surface area contributed by atoms with Crippen LogP contribution in [-0.4, -0.2) is 19.6 Å². The minimum atomic E-state index is -0.719. The first kappa shape index (κ1) is 17.5. The number of rotatable bonds is 7. The second-order valence-electron chi connectivity index (χ2n) is 5.68. The maximum Gasteiger partial charge on any atom is 0.143 e. The summed E-state index contributed by atoms with van der Waals surface area (Å²) in [5.41, 5.74) is 2.45. The maximum absolute atomic E-state index is 6.44. The van der Waals surface area contributed by atoms with Crippen molar-refractivity contribution in [3.05, 3.63) is 102 Å². The highest BCUT2D eigenvalue weighted by Crippen LogP contribution is 2.40. The van der Waals surface area contributed by atoms with Crippen LogP contribution in [0.4, 0.5) is 0 Å². The van der Waals surface area contributed by atoms with Crippen LogP contribution >= 0.6 is 11.6 Å². The van der Waals surface area contributed by atoms with E-state index in [4.69, 9.17) is 21.1 Å². The van der Waals surface area contributed by atoms with Crippen molar-refractivity contribution >= 4 is 11.6 Å². The second-order valence-corrected chi connectivity index (χ2v) is 6.06. The van der Waals surface area contributed by atoms with Crippen molar-refractivity contribution < 1.29 is 9.47 Å². The van der Waals surface area contributed by atoms with Crippen molar-refractivity contribution in [3.8, 4) is 5.75 Å². The monoisotopic (exact) mass is 352 g/mol. The summed E-state index contributed by atoms with van der Waals surface area (Å²) in [7, 11) is 1.67. The summed E-state index contributed by atoms with van der Waals surface area (Å²) in [4.78, 5) is 0. The minimum absolute atomic E-state index is 0.428. The lowest BCUT2D eigenvalue weighted by atomic mass is 9.80. The van der Waals surface area contributed by atoms with Crippen LogP contribution in [-0.2, 0) is 10.3 Å². The van der Waals surface area contributed by atoms with Gasteiger partial charge in [0.25, 0.3) is 0 Å². The van der Waals surface area contributed by atoms with Crippen LogP contribution in [0.1, 0.15) is 16.7 Å². The zero-order valence-corrected chi connectivity index (χ0v) is 14.9. The van der Waals surface area contributed by atoms with Gasteiger partial charge in [0.2, 0.25) is 0 Å². The summed E-state index contributed by atoms with van der Waals surface area (Å²) in [6.45, 7) is 0.442. The molecule has 0 aliphatic carbocycles. The third kappa shape index (κ3) is 3.55. The molecule has 0 radical (unpaired) electrons. The minimum Gasteiger partial charge on any atom is -0.497 e. The Kier molecular flexibility index (Phi) is 5.75. The average Bonchev–Trinajstić information content (AvgIpc) is 2.71. The van der Waals surface area contributed by atoms with Crippen molar-refractivity contribution in [2.75, 3.05) is 19.6 Å². The molecule has 0 atom stereocenters. The van der Waals surface area contributed by atoms with Crippen molar-refractivity contribution in [2.45, 2.75) is 5.60 Å². The van der Waals surface area contributed by atoms with Gasteiger partial charge in [0.05, 0.1) is 13.7 Å². The van der Waals surface area contributed by atoms with Crippen LogP contribution in [0, 0.1) is 0 Å². The molecule has 3 aromatic carbocycles. The molecule has 2 nitrogen and oxygen atoms in total. The van der Waals surface area contributed by atoms with Crippen LogP contribution in [0.2, 0.25) is 0 Å². The van der Waals surface area contributed by atoms with Gasteiger partial charge < -0.3 is 9.47 Å². The molecule has 0 aromatic heterocycles. The molecule has 0 aliphatic rings. The van der Waals surface area contributed by atoms with E-state index < -0.39 is 5.60 Å². The number of methoxy groups -OCH3 is 1. The maximum atomic E-state index is 6.44. The van der Waals surface area contributed by atoms with E-state index in [1.807, 2.05) is 60.7 Å².